The number of hydrogen-bond acceptors (Lipinski definition) is 5. The summed E-state index contributed by atoms with van der Waals surface area (Å²) in [5.41, 5.74) is -1.29. The van der Waals surface area contributed by atoms with Gasteiger partial charge in [0.15, 0.2) is 16.0 Å². The number of hydrogen-bond donors (Lipinski definition) is 1. The highest BCUT2D eigenvalue weighted by molar-refractivity contribution is 7.90. The van der Waals surface area contributed by atoms with Crippen LogP contribution in [-0.4, -0.2) is 32.3 Å². The van der Waals surface area contributed by atoms with Gasteiger partial charge in [0.1, 0.15) is 11.9 Å². The molecule has 2 aliphatic carbocycles. The van der Waals surface area contributed by atoms with E-state index in [4.69, 9.17) is 10.00 Å². The molecule has 0 unspecified atom stereocenters. The van der Waals surface area contributed by atoms with Gasteiger partial charge in [0.05, 0.1) is 23.5 Å². The number of fused-ring (bicyclic) bond motifs is 1. The Morgan fingerprint density at radius 1 is 1.42 bits per heavy atom. The van der Waals surface area contributed by atoms with E-state index >= 15 is 0 Å². The van der Waals surface area contributed by atoms with Crippen LogP contribution in [0.5, 0.6) is 5.75 Å². The third kappa shape index (κ3) is 2.54. The van der Waals surface area contributed by atoms with Crippen LogP contribution in [0.4, 0.5) is 13.2 Å². The summed E-state index contributed by atoms with van der Waals surface area (Å²) in [4.78, 5) is -0.543. The summed E-state index contributed by atoms with van der Waals surface area (Å²) in [6, 6.07) is 4.18. The molecule has 0 bridgehead atoms. The molecular formula is C15H14F3NO4S. The van der Waals surface area contributed by atoms with E-state index in [-0.39, 0.29) is 24.2 Å². The zero-order chi connectivity index (χ0) is 17.9. The summed E-state index contributed by atoms with van der Waals surface area (Å²) >= 11 is 0. The van der Waals surface area contributed by atoms with Gasteiger partial charge >= 0.3 is 5.92 Å². The third-order valence-electron chi connectivity index (χ3n) is 4.38. The Morgan fingerprint density at radius 3 is 2.62 bits per heavy atom. The summed E-state index contributed by atoms with van der Waals surface area (Å²) in [5.74, 6) is -4.62. The second-order valence-electron chi connectivity index (χ2n) is 6.14. The number of aliphatic hydroxyl groups is 1. The average molecular weight is 361 g/mol. The van der Waals surface area contributed by atoms with E-state index in [0.717, 1.165) is 18.4 Å². The van der Waals surface area contributed by atoms with Crippen LogP contribution >= 0.6 is 0 Å². The van der Waals surface area contributed by atoms with Crippen LogP contribution in [0.1, 0.15) is 29.8 Å². The average Bonchev–Trinajstić information content (AvgIpc) is 3.24. The third-order valence-corrected chi connectivity index (χ3v) is 5.53. The van der Waals surface area contributed by atoms with E-state index in [1.54, 1.807) is 0 Å². The zero-order valence-corrected chi connectivity index (χ0v) is 13.4. The Bertz CT molecular complexity index is 834. The fraction of sp³-hybridized carbons (Fsp3) is 0.533. The maximum absolute atomic E-state index is 14.2. The molecule has 0 aliphatic heterocycles. The van der Waals surface area contributed by atoms with Crippen molar-refractivity contribution in [2.75, 3.05) is 12.9 Å². The number of halogens is 3. The van der Waals surface area contributed by atoms with Gasteiger partial charge in [0.25, 0.3) is 0 Å². The van der Waals surface area contributed by atoms with E-state index in [0.29, 0.717) is 6.42 Å². The highest BCUT2D eigenvalue weighted by Gasteiger charge is 2.59. The molecule has 24 heavy (non-hydrogen) atoms. The molecule has 3 rings (SSSR count). The van der Waals surface area contributed by atoms with E-state index in [9.17, 15) is 26.7 Å². The molecule has 1 fully saturated rings. The lowest BCUT2D eigenvalue weighted by Crippen LogP contribution is -2.24. The van der Waals surface area contributed by atoms with Crippen LogP contribution in [0.25, 0.3) is 0 Å². The summed E-state index contributed by atoms with van der Waals surface area (Å²) in [5, 5.41) is 18.5. The molecule has 0 heterocycles. The normalized spacial score (nSPS) is 30.5. The van der Waals surface area contributed by atoms with E-state index in [2.05, 4.69) is 0 Å². The number of alkyl halides is 3. The first-order chi connectivity index (χ1) is 11.1. The quantitative estimate of drug-likeness (QED) is 0.889. The minimum absolute atomic E-state index is 0.0390. The van der Waals surface area contributed by atoms with Gasteiger partial charge < -0.3 is 9.84 Å². The van der Waals surface area contributed by atoms with E-state index in [1.807, 2.05) is 6.07 Å². The maximum atomic E-state index is 14.2. The van der Waals surface area contributed by atoms with Gasteiger partial charge in [-0.15, -0.1) is 0 Å². The van der Waals surface area contributed by atoms with Crippen molar-refractivity contribution in [2.45, 2.75) is 29.5 Å². The fourth-order valence-electron chi connectivity index (χ4n) is 2.90. The number of nitriles is 1. The topological polar surface area (TPSA) is 87.4 Å². The summed E-state index contributed by atoms with van der Waals surface area (Å²) < 4.78 is 70.9. The molecule has 1 aromatic rings. The number of aliphatic hydroxyl groups excluding tert-OH is 1. The Hall–Kier alpha value is -1.79. The Balaban J connectivity index is 2.03. The monoisotopic (exact) mass is 361 g/mol. The number of rotatable bonds is 4. The van der Waals surface area contributed by atoms with Crippen LogP contribution in [0.15, 0.2) is 17.0 Å². The Kier molecular flexibility index (Phi) is 3.81. The molecular weight excluding hydrogens is 347 g/mol. The summed E-state index contributed by atoms with van der Waals surface area (Å²) in [6.45, 7) is 0.0390. The minimum Gasteiger partial charge on any atom is -0.493 e. The van der Waals surface area contributed by atoms with Crippen LogP contribution in [0.2, 0.25) is 0 Å². The van der Waals surface area contributed by atoms with Crippen molar-refractivity contribution >= 4 is 9.84 Å². The van der Waals surface area contributed by atoms with Gasteiger partial charge in [0, 0.05) is 23.3 Å². The molecule has 130 valence electrons. The van der Waals surface area contributed by atoms with Crippen LogP contribution in [-0.2, 0) is 9.84 Å². The largest absolute Gasteiger partial charge is 0.493 e. The smallest absolute Gasteiger partial charge is 0.312 e. The molecule has 2 aliphatic rings. The molecule has 1 saturated carbocycles. The lowest BCUT2D eigenvalue weighted by molar-refractivity contribution is -0.144. The lowest BCUT2D eigenvalue weighted by Gasteiger charge is -2.16. The molecule has 0 amide bonds. The molecule has 0 radical (unpaired) electrons. The molecule has 0 aromatic heterocycles. The minimum atomic E-state index is -4.14. The van der Waals surface area contributed by atoms with Crippen molar-refractivity contribution < 1.29 is 31.4 Å². The fourth-order valence-corrected chi connectivity index (χ4v) is 3.84. The SMILES string of the molecule is CS(=O)(=O)c1ccc(OC[C@H]2C[C@H]2C#N)c2c1[C@H](O)C(F)(F)[C@@H]2F. The standard InChI is InChI=1S/C15H14F3NO4S/c1-24(21,22)10-3-2-9(23-6-8-4-7(8)5-19)11-12(10)14(20)15(17,18)13(11)16/h2-3,7-8,13-14,20H,4,6H2,1H3/t7-,8+,13+,14-/m0/s1. The first kappa shape index (κ1) is 17.0. The first-order valence-electron chi connectivity index (χ1n) is 7.18. The van der Waals surface area contributed by atoms with Crippen LogP contribution in [0.3, 0.4) is 0 Å². The maximum Gasteiger partial charge on any atom is 0.312 e. The predicted octanol–water partition coefficient (Wildman–Crippen LogP) is 2.32. The molecule has 4 atom stereocenters. The number of nitrogens with zero attached hydrogens (tertiary/aromatic N) is 1. The van der Waals surface area contributed by atoms with Crippen molar-refractivity contribution in [2.24, 2.45) is 11.8 Å². The van der Waals surface area contributed by atoms with Crippen molar-refractivity contribution in [1.82, 2.24) is 0 Å². The first-order valence-corrected chi connectivity index (χ1v) is 9.07. The van der Waals surface area contributed by atoms with Gasteiger partial charge in [0.2, 0.25) is 0 Å². The molecule has 9 heteroatoms. The van der Waals surface area contributed by atoms with Crippen LogP contribution in [0, 0.1) is 23.2 Å². The highest BCUT2D eigenvalue weighted by Crippen LogP contribution is 2.57. The summed E-state index contributed by atoms with van der Waals surface area (Å²) in [7, 11) is -3.94. The van der Waals surface area contributed by atoms with Crippen molar-refractivity contribution in [1.29, 1.82) is 5.26 Å². The van der Waals surface area contributed by atoms with Gasteiger partial charge in [-0.05, 0) is 18.6 Å². The van der Waals surface area contributed by atoms with E-state index in [1.165, 1.54) is 0 Å². The number of sulfone groups is 1. The summed E-state index contributed by atoms with van der Waals surface area (Å²) in [6.07, 6.45) is -4.03. The van der Waals surface area contributed by atoms with Crippen LogP contribution < -0.4 is 4.74 Å². The lowest BCUT2D eigenvalue weighted by atomic mass is 10.1. The molecule has 0 saturated heterocycles. The Labute approximate surface area is 136 Å². The molecule has 5 nitrogen and oxygen atoms in total. The second kappa shape index (κ2) is 5.36. The van der Waals surface area contributed by atoms with Gasteiger partial charge in [-0.1, -0.05) is 0 Å². The molecule has 1 aromatic carbocycles. The Morgan fingerprint density at radius 2 is 2.08 bits per heavy atom. The molecule has 0 spiro atoms. The zero-order valence-electron chi connectivity index (χ0n) is 12.5. The van der Waals surface area contributed by atoms with Gasteiger partial charge in [-0.2, -0.15) is 14.0 Å². The predicted molar refractivity (Wildman–Crippen MR) is 76.0 cm³/mol. The van der Waals surface area contributed by atoms with Crippen molar-refractivity contribution in [3.63, 3.8) is 0 Å². The number of ether oxygens (including phenoxy) is 1. The second-order valence-corrected chi connectivity index (χ2v) is 8.13. The van der Waals surface area contributed by atoms with Gasteiger partial charge in [-0.3, -0.25) is 0 Å². The van der Waals surface area contributed by atoms with Crippen molar-refractivity contribution in [3.05, 3.63) is 23.3 Å². The molecule has 1 N–H and O–H groups in total. The van der Waals surface area contributed by atoms with Crippen molar-refractivity contribution in [3.8, 4) is 11.8 Å². The number of benzene rings is 1. The van der Waals surface area contributed by atoms with E-state index < -0.39 is 44.1 Å². The van der Waals surface area contributed by atoms with Gasteiger partial charge in [-0.25, -0.2) is 12.8 Å². The highest BCUT2D eigenvalue weighted by atomic mass is 32.2.